The lowest BCUT2D eigenvalue weighted by Gasteiger charge is -2.28. The number of rotatable bonds is 7. The number of nitrogens with zero attached hydrogens (tertiary/aromatic N) is 1. The minimum absolute atomic E-state index is 0.231. The predicted molar refractivity (Wildman–Crippen MR) is 114 cm³/mol. The van der Waals surface area contributed by atoms with Crippen molar-refractivity contribution in [3.05, 3.63) is 58.6 Å². The number of hydrogen-bond acceptors (Lipinski definition) is 5. The highest BCUT2D eigenvalue weighted by Gasteiger charge is 2.29. The molecule has 2 aromatic carbocycles. The van der Waals surface area contributed by atoms with Crippen LogP contribution in [0.5, 0.6) is 0 Å². The molecule has 0 saturated heterocycles. The second kappa shape index (κ2) is 9.28. The molecule has 0 aromatic heterocycles. The lowest BCUT2D eigenvalue weighted by molar-refractivity contribution is -0.116. The SMILES string of the molecule is CCOC(=O)c1cccc(NC(=O)C(C)N(c2ccc(C)c(Cl)c2)S(C)(=O)=O)c1. The van der Waals surface area contributed by atoms with E-state index in [4.69, 9.17) is 16.3 Å². The summed E-state index contributed by atoms with van der Waals surface area (Å²) in [5, 5.41) is 3.04. The molecule has 7 nitrogen and oxygen atoms in total. The molecule has 0 aliphatic carbocycles. The van der Waals surface area contributed by atoms with Gasteiger partial charge in [0.15, 0.2) is 0 Å². The van der Waals surface area contributed by atoms with Crippen LogP contribution in [0.15, 0.2) is 42.5 Å². The number of ether oxygens (including phenoxy) is 1. The molecular formula is C20H23ClN2O5S. The minimum Gasteiger partial charge on any atom is -0.462 e. The van der Waals surface area contributed by atoms with Crippen molar-refractivity contribution in [2.75, 3.05) is 22.5 Å². The molecule has 0 saturated carbocycles. The maximum absolute atomic E-state index is 12.8. The Bertz CT molecular complexity index is 1020. The molecule has 1 N–H and O–H groups in total. The van der Waals surface area contributed by atoms with E-state index in [1.54, 1.807) is 44.2 Å². The number of benzene rings is 2. The molecule has 2 aromatic rings. The molecular weight excluding hydrogens is 416 g/mol. The Morgan fingerprint density at radius 1 is 1.21 bits per heavy atom. The fraction of sp³-hybridized carbons (Fsp3) is 0.300. The molecule has 0 fully saturated rings. The second-order valence-electron chi connectivity index (χ2n) is 6.46. The summed E-state index contributed by atoms with van der Waals surface area (Å²) < 4.78 is 30.7. The fourth-order valence-corrected chi connectivity index (χ4v) is 4.05. The monoisotopic (exact) mass is 438 g/mol. The summed E-state index contributed by atoms with van der Waals surface area (Å²) >= 11 is 6.13. The number of nitrogens with one attached hydrogen (secondary N) is 1. The highest BCUT2D eigenvalue weighted by Crippen LogP contribution is 2.27. The first-order chi connectivity index (χ1) is 13.5. The van der Waals surface area contributed by atoms with E-state index < -0.39 is 27.9 Å². The van der Waals surface area contributed by atoms with Gasteiger partial charge in [-0.1, -0.05) is 23.7 Å². The number of esters is 1. The quantitative estimate of drug-likeness (QED) is 0.666. The van der Waals surface area contributed by atoms with Crippen LogP contribution in [-0.4, -0.2) is 39.2 Å². The Balaban J connectivity index is 2.29. The second-order valence-corrected chi connectivity index (χ2v) is 8.73. The molecule has 156 valence electrons. The van der Waals surface area contributed by atoms with Gasteiger partial charge in [0.1, 0.15) is 6.04 Å². The summed E-state index contributed by atoms with van der Waals surface area (Å²) in [5.74, 6) is -1.07. The topological polar surface area (TPSA) is 92.8 Å². The van der Waals surface area contributed by atoms with Gasteiger partial charge < -0.3 is 10.1 Å². The highest BCUT2D eigenvalue weighted by atomic mass is 35.5. The lowest BCUT2D eigenvalue weighted by Crippen LogP contribution is -2.45. The van der Waals surface area contributed by atoms with E-state index in [-0.39, 0.29) is 17.9 Å². The first kappa shape index (κ1) is 22.7. The van der Waals surface area contributed by atoms with Crippen molar-refractivity contribution in [3.63, 3.8) is 0 Å². The molecule has 1 amide bonds. The van der Waals surface area contributed by atoms with Crippen LogP contribution in [-0.2, 0) is 19.6 Å². The Morgan fingerprint density at radius 3 is 2.48 bits per heavy atom. The number of carbonyl (C=O) groups is 2. The summed E-state index contributed by atoms with van der Waals surface area (Å²) in [5.41, 5.74) is 1.70. The lowest BCUT2D eigenvalue weighted by atomic mass is 10.2. The van der Waals surface area contributed by atoms with Crippen LogP contribution in [0.25, 0.3) is 0 Å². The van der Waals surface area contributed by atoms with Crippen molar-refractivity contribution in [1.82, 2.24) is 0 Å². The minimum atomic E-state index is -3.77. The average Bonchev–Trinajstić information content (AvgIpc) is 2.64. The van der Waals surface area contributed by atoms with Crippen molar-refractivity contribution in [2.45, 2.75) is 26.8 Å². The van der Waals surface area contributed by atoms with Gasteiger partial charge in [0.25, 0.3) is 0 Å². The largest absolute Gasteiger partial charge is 0.462 e. The number of sulfonamides is 1. The highest BCUT2D eigenvalue weighted by molar-refractivity contribution is 7.92. The van der Waals surface area contributed by atoms with Gasteiger partial charge in [-0.25, -0.2) is 13.2 Å². The van der Waals surface area contributed by atoms with Crippen LogP contribution < -0.4 is 9.62 Å². The Labute approximate surface area is 175 Å². The van der Waals surface area contributed by atoms with E-state index in [1.807, 2.05) is 0 Å². The van der Waals surface area contributed by atoms with Gasteiger partial charge in [-0.05, 0) is 56.7 Å². The van der Waals surface area contributed by atoms with Crippen molar-refractivity contribution < 1.29 is 22.7 Å². The van der Waals surface area contributed by atoms with Crippen molar-refractivity contribution >= 4 is 44.9 Å². The molecule has 9 heteroatoms. The molecule has 0 radical (unpaired) electrons. The molecule has 29 heavy (non-hydrogen) atoms. The van der Waals surface area contributed by atoms with Crippen molar-refractivity contribution in [1.29, 1.82) is 0 Å². The number of anilines is 2. The third kappa shape index (κ3) is 5.71. The summed E-state index contributed by atoms with van der Waals surface area (Å²) in [4.78, 5) is 24.6. The van der Waals surface area contributed by atoms with Gasteiger partial charge in [-0.3, -0.25) is 9.10 Å². The van der Waals surface area contributed by atoms with Crippen LogP contribution in [0.1, 0.15) is 29.8 Å². The first-order valence-corrected chi connectivity index (χ1v) is 11.1. The summed E-state index contributed by atoms with van der Waals surface area (Å²) in [6.45, 7) is 5.19. The smallest absolute Gasteiger partial charge is 0.338 e. The molecule has 0 aliphatic heterocycles. The third-order valence-corrected chi connectivity index (χ3v) is 5.79. The summed E-state index contributed by atoms with van der Waals surface area (Å²) in [7, 11) is -3.77. The number of amides is 1. The number of halogens is 1. The van der Waals surface area contributed by atoms with Crippen LogP contribution >= 0.6 is 11.6 Å². The zero-order chi connectivity index (χ0) is 21.8. The van der Waals surface area contributed by atoms with E-state index in [1.165, 1.54) is 19.1 Å². The number of aryl methyl sites for hydroxylation is 1. The number of carbonyl (C=O) groups excluding carboxylic acids is 2. The normalized spacial score (nSPS) is 12.2. The maximum Gasteiger partial charge on any atom is 0.338 e. The van der Waals surface area contributed by atoms with Gasteiger partial charge in [-0.2, -0.15) is 0 Å². The molecule has 0 heterocycles. The van der Waals surface area contributed by atoms with Gasteiger partial charge >= 0.3 is 5.97 Å². The van der Waals surface area contributed by atoms with E-state index in [0.29, 0.717) is 10.7 Å². The third-order valence-electron chi connectivity index (χ3n) is 4.14. The van der Waals surface area contributed by atoms with E-state index in [0.717, 1.165) is 16.1 Å². The van der Waals surface area contributed by atoms with Crippen LogP contribution in [0.4, 0.5) is 11.4 Å². The number of hydrogen-bond donors (Lipinski definition) is 1. The van der Waals surface area contributed by atoms with Gasteiger partial charge in [0, 0.05) is 10.7 Å². The van der Waals surface area contributed by atoms with E-state index in [2.05, 4.69) is 5.32 Å². The zero-order valence-corrected chi connectivity index (χ0v) is 18.2. The van der Waals surface area contributed by atoms with E-state index >= 15 is 0 Å². The molecule has 1 atom stereocenters. The van der Waals surface area contributed by atoms with Crippen LogP contribution in [0, 0.1) is 6.92 Å². The standard InChI is InChI=1S/C20H23ClN2O5S/c1-5-28-20(25)15-7-6-8-16(11-15)22-19(24)14(3)23(29(4,26)27)17-10-9-13(2)18(21)12-17/h6-12,14H,5H2,1-4H3,(H,22,24). The summed E-state index contributed by atoms with van der Waals surface area (Å²) in [6.07, 6.45) is 1.02. The Hall–Kier alpha value is -2.58. The Morgan fingerprint density at radius 2 is 1.90 bits per heavy atom. The van der Waals surface area contributed by atoms with Crippen LogP contribution in [0.2, 0.25) is 5.02 Å². The summed E-state index contributed by atoms with van der Waals surface area (Å²) in [6, 6.07) is 9.95. The zero-order valence-electron chi connectivity index (χ0n) is 16.6. The first-order valence-electron chi connectivity index (χ1n) is 8.88. The van der Waals surface area contributed by atoms with Gasteiger partial charge in [0.2, 0.25) is 15.9 Å². The Kier molecular flexibility index (Phi) is 7.26. The predicted octanol–water partition coefficient (Wildman–Crippen LogP) is 3.62. The molecule has 0 spiro atoms. The van der Waals surface area contributed by atoms with Gasteiger partial charge in [0.05, 0.1) is 24.1 Å². The van der Waals surface area contributed by atoms with Gasteiger partial charge in [-0.15, -0.1) is 0 Å². The molecule has 1 unspecified atom stereocenters. The molecule has 0 bridgehead atoms. The maximum atomic E-state index is 12.8. The molecule has 2 rings (SSSR count). The molecule has 0 aliphatic rings. The van der Waals surface area contributed by atoms with Crippen molar-refractivity contribution in [2.24, 2.45) is 0 Å². The average molecular weight is 439 g/mol. The van der Waals surface area contributed by atoms with E-state index in [9.17, 15) is 18.0 Å². The van der Waals surface area contributed by atoms with Crippen molar-refractivity contribution in [3.8, 4) is 0 Å². The fourth-order valence-electron chi connectivity index (χ4n) is 2.71. The van der Waals surface area contributed by atoms with Crippen LogP contribution in [0.3, 0.4) is 0 Å².